The van der Waals surface area contributed by atoms with Gasteiger partial charge < -0.3 is 5.32 Å². The Morgan fingerprint density at radius 2 is 2.04 bits per heavy atom. The van der Waals surface area contributed by atoms with Crippen LogP contribution in [0.5, 0.6) is 0 Å². The topological polar surface area (TPSA) is 59.3 Å². The molecule has 2 aromatic heterocycles. The van der Waals surface area contributed by atoms with Crippen molar-refractivity contribution >= 4 is 56.6 Å². The number of imidazole rings is 1. The quantitative estimate of drug-likeness (QED) is 0.543. The van der Waals surface area contributed by atoms with Crippen molar-refractivity contribution in [1.29, 1.82) is 0 Å². The minimum atomic E-state index is -0.178. The average Bonchev–Trinajstić information content (AvgIpc) is 3.23. The van der Waals surface area contributed by atoms with Crippen LogP contribution in [0.15, 0.2) is 35.2 Å². The number of rotatable bonds is 3. The standard InChI is InChI=1S/C17H14N4OS3/c1-9(2)15-20-21-11(8-12-14(22)19-17(23)24-12)13(18-16(21)25-15)10-6-4-3-5-7-10/h3-9H,1-2H3,(H,19,22,23)/b12-8+. The van der Waals surface area contributed by atoms with E-state index >= 15 is 0 Å². The van der Waals surface area contributed by atoms with Crippen molar-refractivity contribution in [2.45, 2.75) is 19.8 Å². The first-order valence-electron chi connectivity index (χ1n) is 7.72. The highest BCUT2D eigenvalue weighted by molar-refractivity contribution is 8.26. The zero-order chi connectivity index (χ0) is 17.6. The Morgan fingerprint density at radius 3 is 2.68 bits per heavy atom. The van der Waals surface area contributed by atoms with Gasteiger partial charge in [0.1, 0.15) is 9.33 Å². The minimum absolute atomic E-state index is 0.178. The van der Waals surface area contributed by atoms with Gasteiger partial charge in [-0.1, -0.05) is 79.5 Å². The predicted octanol–water partition coefficient (Wildman–Crippen LogP) is 4.07. The summed E-state index contributed by atoms with van der Waals surface area (Å²) in [6.45, 7) is 4.21. The molecule has 1 amide bonds. The molecule has 126 valence electrons. The van der Waals surface area contributed by atoms with Crippen LogP contribution in [0.4, 0.5) is 0 Å². The molecule has 0 atom stereocenters. The fraction of sp³-hybridized carbons (Fsp3) is 0.176. The molecule has 1 aromatic carbocycles. The molecule has 0 aliphatic carbocycles. The van der Waals surface area contributed by atoms with Crippen LogP contribution >= 0.6 is 35.3 Å². The Kier molecular flexibility index (Phi) is 4.18. The molecule has 0 bridgehead atoms. The number of aromatic nitrogens is 3. The van der Waals surface area contributed by atoms with Gasteiger partial charge in [0.25, 0.3) is 5.91 Å². The highest BCUT2D eigenvalue weighted by atomic mass is 32.2. The maximum absolute atomic E-state index is 12.1. The lowest BCUT2D eigenvalue weighted by molar-refractivity contribution is -0.115. The number of thiocarbonyl (C=S) groups is 1. The maximum Gasteiger partial charge on any atom is 0.263 e. The molecule has 0 radical (unpaired) electrons. The molecule has 1 saturated heterocycles. The van der Waals surface area contributed by atoms with Crippen LogP contribution in [-0.2, 0) is 4.79 Å². The van der Waals surface area contributed by atoms with Crippen molar-refractivity contribution in [3.05, 3.63) is 45.9 Å². The second kappa shape index (κ2) is 6.36. The lowest BCUT2D eigenvalue weighted by Gasteiger charge is -2.01. The second-order valence-electron chi connectivity index (χ2n) is 5.85. The van der Waals surface area contributed by atoms with E-state index in [4.69, 9.17) is 22.3 Å². The van der Waals surface area contributed by atoms with Crippen molar-refractivity contribution in [2.24, 2.45) is 0 Å². The number of hydrogen-bond donors (Lipinski definition) is 1. The van der Waals surface area contributed by atoms with Crippen molar-refractivity contribution in [1.82, 2.24) is 19.9 Å². The number of nitrogens with zero attached hydrogens (tertiary/aromatic N) is 3. The molecular weight excluding hydrogens is 372 g/mol. The van der Waals surface area contributed by atoms with E-state index in [9.17, 15) is 4.79 Å². The average molecular weight is 387 g/mol. The van der Waals surface area contributed by atoms with Crippen LogP contribution in [0, 0.1) is 0 Å². The zero-order valence-electron chi connectivity index (χ0n) is 13.5. The van der Waals surface area contributed by atoms with Crippen LogP contribution in [0.2, 0.25) is 0 Å². The number of benzene rings is 1. The molecule has 1 aliphatic rings. The fourth-order valence-corrected chi connectivity index (χ4v) is 4.42. The molecule has 1 fully saturated rings. The van der Waals surface area contributed by atoms with Gasteiger partial charge in [0.15, 0.2) is 0 Å². The molecule has 5 nitrogen and oxygen atoms in total. The highest BCUT2D eigenvalue weighted by Gasteiger charge is 2.25. The summed E-state index contributed by atoms with van der Waals surface area (Å²) in [6, 6.07) is 9.92. The normalized spacial score (nSPS) is 16.4. The Hall–Kier alpha value is -2.03. The van der Waals surface area contributed by atoms with Crippen LogP contribution in [0.1, 0.15) is 30.5 Å². The Bertz CT molecular complexity index is 1020. The van der Waals surface area contributed by atoms with Crippen molar-refractivity contribution in [2.75, 3.05) is 0 Å². The number of carbonyl (C=O) groups excluding carboxylic acids is 1. The molecule has 0 saturated carbocycles. The molecule has 3 aromatic rings. The number of carbonyl (C=O) groups is 1. The highest BCUT2D eigenvalue weighted by Crippen LogP contribution is 2.33. The van der Waals surface area contributed by atoms with Crippen LogP contribution in [0.3, 0.4) is 0 Å². The number of amides is 1. The summed E-state index contributed by atoms with van der Waals surface area (Å²) in [7, 11) is 0. The largest absolute Gasteiger partial charge is 0.307 e. The number of thioether (sulfide) groups is 1. The van der Waals surface area contributed by atoms with Crippen molar-refractivity contribution < 1.29 is 4.79 Å². The van der Waals surface area contributed by atoms with Crippen molar-refractivity contribution in [3.63, 3.8) is 0 Å². The van der Waals surface area contributed by atoms with Gasteiger partial charge in [-0.25, -0.2) is 9.50 Å². The first kappa shape index (κ1) is 16.4. The van der Waals surface area contributed by atoms with Gasteiger partial charge in [-0.3, -0.25) is 4.79 Å². The summed E-state index contributed by atoms with van der Waals surface area (Å²) >= 11 is 7.92. The van der Waals surface area contributed by atoms with E-state index in [1.54, 1.807) is 11.3 Å². The van der Waals surface area contributed by atoms with Gasteiger partial charge in [-0.2, -0.15) is 5.10 Å². The smallest absolute Gasteiger partial charge is 0.263 e. The molecule has 3 heterocycles. The Morgan fingerprint density at radius 1 is 1.28 bits per heavy atom. The van der Waals surface area contributed by atoms with Gasteiger partial charge in [-0.15, -0.1) is 0 Å². The molecule has 1 N–H and O–H groups in total. The molecular formula is C17H14N4OS3. The van der Waals surface area contributed by atoms with Gasteiger partial charge >= 0.3 is 0 Å². The van der Waals surface area contributed by atoms with E-state index in [-0.39, 0.29) is 5.91 Å². The van der Waals surface area contributed by atoms with E-state index in [1.807, 2.05) is 40.9 Å². The van der Waals surface area contributed by atoms with Crippen molar-refractivity contribution in [3.8, 4) is 11.3 Å². The summed E-state index contributed by atoms with van der Waals surface area (Å²) in [6.07, 6.45) is 1.82. The SMILES string of the molecule is CC(C)c1nn2c(/C=C3/SC(=S)NC3=O)c(-c3ccccc3)nc2s1. The molecule has 0 unspecified atom stereocenters. The van der Waals surface area contributed by atoms with Gasteiger partial charge in [0.05, 0.1) is 16.3 Å². The summed E-state index contributed by atoms with van der Waals surface area (Å²) < 4.78 is 2.30. The Balaban J connectivity index is 1.93. The third-order valence-corrected chi connectivity index (χ3v) is 6.08. The predicted molar refractivity (Wildman–Crippen MR) is 107 cm³/mol. The molecule has 8 heteroatoms. The number of hydrogen-bond acceptors (Lipinski definition) is 6. The van der Waals surface area contributed by atoms with Crippen LogP contribution in [0.25, 0.3) is 22.3 Å². The zero-order valence-corrected chi connectivity index (χ0v) is 16.0. The van der Waals surface area contributed by atoms with E-state index < -0.39 is 0 Å². The van der Waals surface area contributed by atoms with Gasteiger partial charge in [0, 0.05) is 11.5 Å². The van der Waals surface area contributed by atoms with Gasteiger partial charge in [0.2, 0.25) is 4.96 Å². The molecule has 25 heavy (non-hydrogen) atoms. The van der Waals surface area contributed by atoms with E-state index in [0.717, 1.165) is 26.9 Å². The second-order valence-corrected chi connectivity index (χ2v) is 8.56. The summed E-state index contributed by atoms with van der Waals surface area (Å²) in [5.74, 6) is 0.146. The van der Waals surface area contributed by atoms with Gasteiger partial charge in [-0.05, 0) is 6.08 Å². The van der Waals surface area contributed by atoms with Crippen LogP contribution in [-0.4, -0.2) is 24.8 Å². The molecule has 4 rings (SSSR count). The molecule has 1 aliphatic heterocycles. The number of nitrogens with one attached hydrogen (secondary N) is 1. The fourth-order valence-electron chi connectivity index (χ4n) is 2.50. The first-order valence-corrected chi connectivity index (χ1v) is 9.77. The summed E-state index contributed by atoms with van der Waals surface area (Å²) in [4.78, 5) is 18.2. The summed E-state index contributed by atoms with van der Waals surface area (Å²) in [5.41, 5.74) is 2.60. The maximum atomic E-state index is 12.1. The van der Waals surface area contributed by atoms with E-state index in [2.05, 4.69) is 19.2 Å². The lowest BCUT2D eigenvalue weighted by Crippen LogP contribution is -2.17. The number of fused-ring (bicyclic) bond motifs is 1. The third kappa shape index (κ3) is 3.01. The van der Waals surface area contributed by atoms with E-state index in [1.165, 1.54) is 11.8 Å². The lowest BCUT2D eigenvalue weighted by atomic mass is 10.1. The van der Waals surface area contributed by atoms with E-state index in [0.29, 0.717) is 15.1 Å². The minimum Gasteiger partial charge on any atom is -0.307 e. The monoisotopic (exact) mass is 386 g/mol. The summed E-state index contributed by atoms with van der Waals surface area (Å²) in [5, 5.41) is 8.36. The Labute approximate surface area is 158 Å². The first-order chi connectivity index (χ1) is 12.0. The third-order valence-electron chi connectivity index (χ3n) is 3.70. The van der Waals surface area contributed by atoms with Crippen LogP contribution < -0.4 is 5.32 Å². The molecule has 0 spiro atoms.